The summed E-state index contributed by atoms with van der Waals surface area (Å²) in [4.78, 5) is 43.0. The average molecular weight is 453 g/mol. The second kappa shape index (κ2) is 13.7. The number of carboxylic acids is 2. The molecule has 0 aliphatic carbocycles. The second-order valence-electron chi connectivity index (χ2n) is 5.22. The van der Waals surface area contributed by atoms with E-state index in [0.717, 1.165) is 17.2 Å². The number of thioether (sulfide) groups is 1. The molecule has 11 nitrogen and oxygen atoms in total. The van der Waals surface area contributed by atoms with E-state index < -0.39 is 11.9 Å². The first-order chi connectivity index (χ1) is 14.3. The highest BCUT2D eigenvalue weighted by Gasteiger charge is 2.05. The van der Waals surface area contributed by atoms with Crippen LogP contribution in [0.4, 0.5) is 5.13 Å². The van der Waals surface area contributed by atoms with Crippen molar-refractivity contribution in [1.29, 1.82) is 0 Å². The average Bonchev–Trinajstić information content (AvgIpc) is 3.13. The van der Waals surface area contributed by atoms with Gasteiger partial charge < -0.3 is 27.0 Å². The van der Waals surface area contributed by atoms with Gasteiger partial charge in [-0.25, -0.2) is 14.6 Å². The number of amides is 1. The zero-order chi connectivity index (χ0) is 22.4. The van der Waals surface area contributed by atoms with Gasteiger partial charge >= 0.3 is 11.9 Å². The Bertz CT molecular complexity index is 881. The highest BCUT2D eigenvalue weighted by molar-refractivity contribution is 7.98. The van der Waals surface area contributed by atoms with Crippen molar-refractivity contribution in [2.45, 2.75) is 5.75 Å². The van der Waals surface area contributed by atoms with Crippen LogP contribution in [0.15, 0.2) is 47.1 Å². The lowest BCUT2D eigenvalue weighted by molar-refractivity contribution is -0.134. The summed E-state index contributed by atoms with van der Waals surface area (Å²) in [5, 5.41) is 20.9. The molecule has 2 aromatic heterocycles. The Morgan fingerprint density at radius 1 is 1.23 bits per heavy atom. The third-order valence-corrected chi connectivity index (χ3v) is 4.61. The number of aliphatic imine (C=N–C) groups is 1. The highest BCUT2D eigenvalue weighted by Crippen LogP contribution is 2.21. The van der Waals surface area contributed by atoms with Crippen molar-refractivity contribution in [3.8, 4) is 0 Å². The van der Waals surface area contributed by atoms with Crippen LogP contribution in [0.3, 0.4) is 0 Å². The first-order valence-corrected chi connectivity index (χ1v) is 10.2. The molecule has 0 aliphatic rings. The molecule has 2 heterocycles. The predicted octanol–water partition coefficient (Wildman–Crippen LogP) is 0.818. The molecule has 2 aromatic rings. The van der Waals surface area contributed by atoms with Crippen molar-refractivity contribution in [2.75, 3.05) is 12.3 Å². The first kappa shape index (κ1) is 24.6. The van der Waals surface area contributed by atoms with E-state index in [9.17, 15) is 14.4 Å². The van der Waals surface area contributed by atoms with E-state index in [0.29, 0.717) is 29.4 Å². The number of thiazole rings is 1. The quantitative estimate of drug-likeness (QED) is 0.157. The van der Waals surface area contributed by atoms with Crippen molar-refractivity contribution in [1.82, 2.24) is 15.3 Å². The Kier molecular flexibility index (Phi) is 11.2. The van der Waals surface area contributed by atoms with Crippen molar-refractivity contribution >= 4 is 52.0 Å². The Morgan fingerprint density at radius 3 is 2.50 bits per heavy atom. The Labute approximate surface area is 179 Å². The standard InChI is InChI=1S/C13H16N6OS2.C4H4O4/c14-12(15)19-13-18-10(8-22-13)7-21-5-4-17-11(20)9-2-1-3-16-6-9;5-3(6)1-2-4(7)8/h1-3,6,8H,4-5,7H2,(H,17,20)(H4,14,15,18,19);1-2H,(H,5,6)(H,7,8). The van der Waals surface area contributed by atoms with Crippen LogP contribution in [-0.4, -0.2) is 56.3 Å². The number of nitrogens with one attached hydrogen (secondary N) is 1. The van der Waals surface area contributed by atoms with E-state index in [1.807, 2.05) is 5.38 Å². The van der Waals surface area contributed by atoms with Gasteiger partial charge in [-0.05, 0) is 12.1 Å². The van der Waals surface area contributed by atoms with Crippen molar-refractivity contribution in [3.05, 3.63) is 53.3 Å². The molecule has 0 unspecified atom stereocenters. The van der Waals surface area contributed by atoms with E-state index in [2.05, 4.69) is 20.3 Å². The number of nitrogens with two attached hydrogens (primary N) is 2. The van der Waals surface area contributed by atoms with Crippen LogP contribution < -0.4 is 16.8 Å². The van der Waals surface area contributed by atoms with Gasteiger partial charge in [0.2, 0.25) is 5.13 Å². The van der Waals surface area contributed by atoms with Crippen LogP contribution in [0.1, 0.15) is 16.1 Å². The van der Waals surface area contributed by atoms with E-state index in [-0.39, 0.29) is 11.9 Å². The molecule has 0 saturated heterocycles. The fourth-order valence-electron chi connectivity index (χ4n) is 1.68. The summed E-state index contributed by atoms with van der Waals surface area (Å²) in [5.41, 5.74) is 12.1. The number of carbonyl (C=O) groups is 3. The summed E-state index contributed by atoms with van der Waals surface area (Å²) in [5.74, 6) is -1.08. The smallest absolute Gasteiger partial charge is 0.328 e. The van der Waals surface area contributed by atoms with Gasteiger partial charge in [-0.1, -0.05) is 0 Å². The summed E-state index contributed by atoms with van der Waals surface area (Å²) in [6.07, 6.45) is 4.30. The van der Waals surface area contributed by atoms with Gasteiger partial charge in [-0.2, -0.15) is 16.8 Å². The van der Waals surface area contributed by atoms with Crippen molar-refractivity contribution in [3.63, 3.8) is 0 Å². The van der Waals surface area contributed by atoms with Crippen molar-refractivity contribution < 1.29 is 24.6 Å². The van der Waals surface area contributed by atoms with Crippen LogP contribution in [0.2, 0.25) is 0 Å². The number of carbonyl (C=O) groups excluding carboxylic acids is 1. The van der Waals surface area contributed by atoms with Gasteiger partial charge in [0.25, 0.3) is 5.91 Å². The summed E-state index contributed by atoms with van der Waals surface area (Å²) in [6.45, 7) is 0.587. The molecular weight excluding hydrogens is 432 g/mol. The summed E-state index contributed by atoms with van der Waals surface area (Å²) in [6, 6.07) is 3.47. The summed E-state index contributed by atoms with van der Waals surface area (Å²) >= 11 is 3.07. The molecule has 2 rings (SSSR count). The lowest BCUT2D eigenvalue weighted by Crippen LogP contribution is -2.25. The predicted molar refractivity (Wildman–Crippen MR) is 115 cm³/mol. The number of nitrogens with zero attached hydrogens (tertiary/aromatic N) is 3. The number of hydrogen-bond acceptors (Lipinski definition) is 8. The number of guanidine groups is 1. The van der Waals surface area contributed by atoms with Crippen LogP contribution in [0.5, 0.6) is 0 Å². The lowest BCUT2D eigenvalue weighted by atomic mass is 10.3. The third kappa shape index (κ3) is 11.4. The minimum Gasteiger partial charge on any atom is -0.478 e. The monoisotopic (exact) mass is 452 g/mol. The van der Waals surface area contributed by atoms with Crippen LogP contribution >= 0.6 is 23.1 Å². The van der Waals surface area contributed by atoms with Gasteiger partial charge in [0, 0.05) is 48.0 Å². The Morgan fingerprint density at radius 2 is 1.93 bits per heavy atom. The normalized spacial score (nSPS) is 10.0. The fourth-order valence-corrected chi connectivity index (χ4v) is 3.24. The molecule has 0 spiro atoms. The second-order valence-corrected chi connectivity index (χ2v) is 7.16. The van der Waals surface area contributed by atoms with Crippen molar-refractivity contribution in [2.24, 2.45) is 16.5 Å². The third-order valence-electron chi connectivity index (χ3n) is 2.84. The highest BCUT2D eigenvalue weighted by atomic mass is 32.2. The maximum absolute atomic E-state index is 11.8. The SMILES string of the molecule is NC(N)=Nc1nc(CSCCNC(=O)c2cccnc2)cs1.O=C(O)C=CC(=O)O. The zero-order valence-electron chi connectivity index (χ0n) is 15.6. The molecule has 0 bridgehead atoms. The number of pyridine rings is 1. The molecule has 30 heavy (non-hydrogen) atoms. The molecule has 0 saturated carbocycles. The number of aliphatic carboxylic acids is 2. The van der Waals surface area contributed by atoms with Crippen LogP contribution in [0.25, 0.3) is 0 Å². The van der Waals surface area contributed by atoms with Gasteiger partial charge in [0.05, 0.1) is 11.3 Å². The summed E-state index contributed by atoms with van der Waals surface area (Å²) in [7, 11) is 0. The molecule has 0 fully saturated rings. The fraction of sp³-hybridized carbons (Fsp3) is 0.176. The lowest BCUT2D eigenvalue weighted by Gasteiger charge is -2.04. The van der Waals surface area contributed by atoms with Crippen LogP contribution in [-0.2, 0) is 15.3 Å². The van der Waals surface area contributed by atoms with E-state index in [4.69, 9.17) is 21.7 Å². The number of hydrogen-bond donors (Lipinski definition) is 5. The molecule has 160 valence electrons. The zero-order valence-corrected chi connectivity index (χ0v) is 17.2. The molecule has 0 aliphatic heterocycles. The molecule has 13 heteroatoms. The number of rotatable bonds is 9. The Balaban J connectivity index is 0.000000479. The molecule has 1 amide bonds. The topological polar surface area (TPSA) is 194 Å². The maximum Gasteiger partial charge on any atom is 0.328 e. The maximum atomic E-state index is 11.8. The molecule has 0 aromatic carbocycles. The molecule has 0 atom stereocenters. The van der Waals surface area contributed by atoms with E-state index in [1.54, 1.807) is 36.3 Å². The van der Waals surface area contributed by atoms with Gasteiger partial charge in [0.15, 0.2) is 5.96 Å². The van der Waals surface area contributed by atoms with E-state index in [1.165, 1.54) is 11.3 Å². The Hall–Kier alpha value is -3.45. The minimum atomic E-state index is -1.26. The number of carboxylic acid groups (broad SMARTS) is 2. The van der Waals surface area contributed by atoms with Gasteiger partial charge in [-0.15, -0.1) is 11.3 Å². The number of aromatic nitrogens is 2. The first-order valence-electron chi connectivity index (χ1n) is 8.22. The minimum absolute atomic E-state index is 0.00617. The molecule has 7 N–H and O–H groups in total. The summed E-state index contributed by atoms with van der Waals surface area (Å²) < 4.78 is 0. The van der Waals surface area contributed by atoms with E-state index >= 15 is 0 Å². The van der Waals surface area contributed by atoms with Gasteiger partial charge in [-0.3, -0.25) is 9.78 Å². The molecule has 0 radical (unpaired) electrons. The molecular formula is C17H20N6O5S2. The largest absolute Gasteiger partial charge is 0.478 e. The van der Waals surface area contributed by atoms with Crippen LogP contribution in [0, 0.1) is 0 Å². The van der Waals surface area contributed by atoms with Gasteiger partial charge in [0.1, 0.15) is 0 Å².